The van der Waals surface area contributed by atoms with Crippen molar-refractivity contribution in [3.63, 3.8) is 0 Å². The van der Waals surface area contributed by atoms with Crippen LogP contribution >= 0.6 is 0 Å². The first kappa shape index (κ1) is 26.5. The quantitative estimate of drug-likeness (QED) is 0.201. The van der Waals surface area contributed by atoms with Crippen molar-refractivity contribution >= 4 is 11.8 Å². The van der Waals surface area contributed by atoms with Crippen molar-refractivity contribution in [1.82, 2.24) is 29.9 Å². The van der Waals surface area contributed by atoms with E-state index in [4.69, 9.17) is 30.5 Å². The predicted octanol–water partition coefficient (Wildman–Crippen LogP) is 1.51. The van der Waals surface area contributed by atoms with Gasteiger partial charge in [0.1, 0.15) is 11.7 Å². The Morgan fingerprint density at radius 2 is 1.78 bits per heavy atom. The molecule has 3 heterocycles. The highest BCUT2D eigenvalue weighted by Gasteiger charge is 2.23. The minimum Gasteiger partial charge on any atom is -0.481 e. The number of benzene rings is 1. The van der Waals surface area contributed by atoms with Gasteiger partial charge in [0.15, 0.2) is 5.82 Å². The first-order valence-electron chi connectivity index (χ1n) is 10.9. The van der Waals surface area contributed by atoms with Crippen LogP contribution < -0.4 is 20.9 Å². The zero-order valence-electron chi connectivity index (χ0n) is 20.4. The summed E-state index contributed by atoms with van der Waals surface area (Å²) in [4.78, 5) is 28.8. The van der Waals surface area contributed by atoms with Gasteiger partial charge in [-0.05, 0) is 29.7 Å². The monoisotopic (exact) mass is 506 g/mol. The number of nitrogens with one attached hydrogen (secondary N) is 2. The number of nitrogen functional groups attached to an aromatic ring is 1. The van der Waals surface area contributed by atoms with E-state index in [0.29, 0.717) is 35.4 Å². The van der Waals surface area contributed by atoms with Crippen LogP contribution in [0.2, 0.25) is 0 Å². The van der Waals surface area contributed by atoms with E-state index in [0.717, 1.165) is 18.1 Å². The lowest BCUT2D eigenvalue weighted by molar-refractivity contribution is -0.134. The Kier molecular flexibility index (Phi) is 8.65. The zero-order chi connectivity index (χ0) is 26.9. The number of aliphatic carboxylic acids is 1. The van der Waals surface area contributed by atoms with E-state index < -0.39 is 11.7 Å². The highest BCUT2D eigenvalue weighted by molar-refractivity contribution is 5.94. The predicted molar refractivity (Wildman–Crippen MR) is 133 cm³/mol. The number of carbonyl (C=O) groups is 1. The summed E-state index contributed by atoms with van der Waals surface area (Å²) < 4.78 is 11.8. The van der Waals surface area contributed by atoms with Gasteiger partial charge in [0, 0.05) is 36.7 Å². The molecule has 1 aromatic carbocycles. The second kappa shape index (κ2) is 12.1. The minimum absolute atomic E-state index is 0.00579. The molecule has 13 nitrogen and oxygen atoms in total. The highest BCUT2D eigenvalue weighted by atomic mass is 16.5. The second-order valence-electron chi connectivity index (χ2n) is 7.68. The highest BCUT2D eigenvalue weighted by Crippen LogP contribution is 2.30. The Balaban J connectivity index is 0.000000886. The smallest absolute Gasteiger partial charge is 0.349 e. The number of rotatable bonds is 8. The number of H-pyrrole nitrogens is 1. The molecule has 0 aliphatic carbocycles. The SMILES string of the molecule is CC(=O)O.COc1cc(C(Cc2ccc(C(=N)N)cc2)c2nn(-c3cccnn3)c(=O)[nH]2)cc(OC)n1. The molecule has 0 saturated carbocycles. The number of hydrogen-bond acceptors (Lipinski definition) is 9. The number of amidine groups is 1. The number of hydrogen-bond donors (Lipinski definition) is 4. The molecule has 37 heavy (non-hydrogen) atoms. The van der Waals surface area contributed by atoms with Gasteiger partial charge < -0.3 is 20.3 Å². The average molecular weight is 507 g/mol. The number of carboxylic acids is 1. The molecule has 192 valence electrons. The Hall–Kier alpha value is -5.07. The Morgan fingerprint density at radius 3 is 2.30 bits per heavy atom. The van der Waals surface area contributed by atoms with Gasteiger partial charge in [-0.1, -0.05) is 24.3 Å². The van der Waals surface area contributed by atoms with Crippen molar-refractivity contribution in [2.24, 2.45) is 5.73 Å². The molecule has 4 rings (SSSR count). The molecule has 4 aromatic rings. The van der Waals surface area contributed by atoms with E-state index in [9.17, 15) is 4.79 Å². The van der Waals surface area contributed by atoms with E-state index >= 15 is 0 Å². The van der Waals surface area contributed by atoms with E-state index in [1.807, 2.05) is 12.1 Å². The molecule has 0 aliphatic heterocycles. The van der Waals surface area contributed by atoms with Crippen molar-refractivity contribution in [1.29, 1.82) is 5.41 Å². The molecule has 0 radical (unpaired) electrons. The van der Waals surface area contributed by atoms with Crippen LogP contribution in [0.25, 0.3) is 5.82 Å². The van der Waals surface area contributed by atoms with Crippen LogP contribution in [0, 0.1) is 5.41 Å². The van der Waals surface area contributed by atoms with Gasteiger partial charge in [0.25, 0.3) is 5.97 Å². The Morgan fingerprint density at radius 1 is 1.16 bits per heavy atom. The van der Waals surface area contributed by atoms with Crippen LogP contribution in [0.3, 0.4) is 0 Å². The van der Waals surface area contributed by atoms with Crippen LogP contribution in [-0.4, -0.2) is 61.1 Å². The van der Waals surface area contributed by atoms with Gasteiger partial charge in [0.05, 0.1) is 14.2 Å². The lowest BCUT2D eigenvalue weighted by atomic mass is 9.91. The summed E-state index contributed by atoms with van der Waals surface area (Å²) in [6, 6.07) is 14.2. The number of methoxy groups -OCH3 is 2. The fraction of sp³-hybridized carbons (Fsp3) is 0.208. The number of nitrogens with two attached hydrogens (primary N) is 1. The van der Waals surface area contributed by atoms with Crippen LogP contribution in [-0.2, 0) is 11.2 Å². The molecular formula is C24H26N8O5. The number of aromatic amines is 1. The van der Waals surface area contributed by atoms with Crippen LogP contribution in [0.4, 0.5) is 0 Å². The third-order valence-corrected chi connectivity index (χ3v) is 5.07. The Bertz CT molecular complexity index is 1390. The van der Waals surface area contributed by atoms with Crippen molar-refractivity contribution in [2.45, 2.75) is 19.3 Å². The molecule has 0 spiro atoms. The molecule has 0 amide bonds. The van der Waals surface area contributed by atoms with Crippen molar-refractivity contribution in [3.8, 4) is 17.6 Å². The molecule has 0 fully saturated rings. The number of aromatic nitrogens is 6. The second-order valence-corrected chi connectivity index (χ2v) is 7.68. The van der Waals surface area contributed by atoms with Crippen molar-refractivity contribution in [3.05, 3.63) is 87.7 Å². The average Bonchev–Trinajstić information content (AvgIpc) is 3.28. The van der Waals surface area contributed by atoms with Crippen molar-refractivity contribution < 1.29 is 19.4 Å². The molecule has 1 unspecified atom stereocenters. The van der Waals surface area contributed by atoms with Crippen molar-refractivity contribution in [2.75, 3.05) is 14.2 Å². The molecule has 13 heteroatoms. The standard InChI is InChI=1S/C22H22N8O3.C2H4O2/c1-32-18-11-15(12-19(26-18)33-2)16(10-13-5-7-14(8-6-13)20(23)24)21-27-22(31)30(29-21)17-4-3-9-25-28-17;1-2(3)4/h3-9,11-12,16H,10H2,1-2H3,(H3,23,24)(H,27,29,31);1H3,(H,3,4). The number of ether oxygens (including phenoxy) is 2. The maximum Gasteiger partial charge on any atom is 0.349 e. The molecular weight excluding hydrogens is 480 g/mol. The molecule has 5 N–H and O–H groups in total. The summed E-state index contributed by atoms with van der Waals surface area (Å²) in [7, 11) is 3.04. The normalized spacial score (nSPS) is 11.1. The maximum atomic E-state index is 12.7. The van der Waals surface area contributed by atoms with Gasteiger partial charge in [-0.3, -0.25) is 15.2 Å². The molecule has 0 aliphatic rings. The van der Waals surface area contributed by atoms with E-state index in [1.54, 1.807) is 36.4 Å². The third-order valence-electron chi connectivity index (χ3n) is 5.07. The van der Waals surface area contributed by atoms with Gasteiger partial charge in [0.2, 0.25) is 11.8 Å². The summed E-state index contributed by atoms with van der Waals surface area (Å²) in [5.74, 6) is 0.267. The van der Waals surface area contributed by atoms with Gasteiger partial charge in [-0.15, -0.1) is 10.2 Å². The van der Waals surface area contributed by atoms with Crippen LogP contribution in [0.15, 0.2) is 59.5 Å². The number of carboxylic acid groups (broad SMARTS) is 1. The van der Waals surface area contributed by atoms with E-state index in [-0.39, 0.29) is 11.8 Å². The molecule has 0 saturated heterocycles. The summed E-state index contributed by atoms with van der Waals surface area (Å²) in [6.07, 6.45) is 2.01. The summed E-state index contributed by atoms with van der Waals surface area (Å²) in [6.45, 7) is 1.08. The molecule has 1 atom stereocenters. The van der Waals surface area contributed by atoms with Gasteiger partial charge in [-0.2, -0.15) is 14.8 Å². The lowest BCUT2D eigenvalue weighted by Gasteiger charge is -2.17. The fourth-order valence-electron chi connectivity index (χ4n) is 3.40. The third kappa shape index (κ3) is 6.97. The fourth-order valence-corrected chi connectivity index (χ4v) is 3.40. The summed E-state index contributed by atoms with van der Waals surface area (Å²) >= 11 is 0. The van der Waals surface area contributed by atoms with Crippen LogP contribution in [0.1, 0.15) is 35.4 Å². The molecule has 0 bridgehead atoms. The first-order valence-corrected chi connectivity index (χ1v) is 10.9. The van der Waals surface area contributed by atoms with Gasteiger partial charge >= 0.3 is 5.69 Å². The zero-order valence-corrected chi connectivity index (χ0v) is 20.4. The number of nitrogens with zero attached hydrogens (tertiary/aromatic N) is 5. The topological polar surface area (TPSA) is 195 Å². The first-order chi connectivity index (χ1) is 17.7. The largest absolute Gasteiger partial charge is 0.481 e. The minimum atomic E-state index is -0.833. The van der Waals surface area contributed by atoms with Gasteiger partial charge in [-0.25, -0.2) is 4.79 Å². The van der Waals surface area contributed by atoms with E-state index in [2.05, 4.69) is 25.3 Å². The summed E-state index contributed by atoms with van der Waals surface area (Å²) in [5, 5.41) is 27.3. The Labute approximate surface area is 211 Å². The lowest BCUT2D eigenvalue weighted by Crippen LogP contribution is -2.17. The van der Waals surface area contributed by atoms with E-state index in [1.165, 1.54) is 25.1 Å². The summed E-state index contributed by atoms with van der Waals surface area (Å²) in [5.41, 5.74) is 7.50. The molecule has 3 aromatic heterocycles. The maximum absolute atomic E-state index is 12.7. The number of pyridine rings is 1. The van der Waals surface area contributed by atoms with Crippen LogP contribution in [0.5, 0.6) is 11.8 Å².